The molecule has 0 radical (unpaired) electrons. The fourth-order valence-electron chi connectivity index (χ4n) is 5.36. The van der Waals surface area contributed by atoms with Gasteiger partial charge in [0.1, 0.15) is 0 Å². The molecule has 0 spiro atoms. The Morgan fingerprint density at radius 2 is 1.43 bits per heavy atom. The highest BCUT2D eigenvalue weighted by molar-refractivity contribution is 5.06. The predicted octanol–water partition coefficient (Wildman–Crippen LogP) is 7.26. The third kappa shape index (κ3) is 5.23. The van der Waals surface area contributed by atoms with Gasteiger partial charge in [0.05, 0.1) is 11.5 Å². The van der Waals surface area contributed by atoms with Gasteiger partial charge in [-0.15, -0.1) is 0 Å². The highest BCUT2D eigenvalue weighted by atomic mass is 14.5. The molecular formula is C22H39N. The molecule has 0 aromatic heterocycles. The first-order valence-corrected chi connectivity index (χ1v) is 10.6. The third-order valence-electron chi connectivity index (χ3n) is 7.01. The predicted molar refractivity (Wildman–Crippen MR) is 99.1 cm³/mol. The van der Waals surface area contributed by atoms with Crippen molar-refractivity contribution >= 4 is 0 Å². The van der Waals surface area contributed by atoms with E-state index in [0.29, 0.717) is 5.92 Å². The van der Waals surface area contributed by atoms with Gasteiger partial charge in [0.15, 0.2) is 0 Å². The molecule has 0 aromatic rings. The molecular weight excluding hydrogens is 278 g/mol. The molecule has 2 saturated carbocycles. The van der Waals surface area contributed by atoms with E-state index < -0.39 is 0 Å². The van der Waals surface area contributed by atoms with Crippen molar-refractivity contribution in [2.24, 2.45) is 23.2 Å². The summed E-state index contributed by atoms with van der Waals surface area (Å²) in [5, 5.41) is 9.95. The Labute approximate surface area is 145 Å². The summed E-state index contributed by atoms with van der Waals surface area (Å²) in [6, 6.07) is 2.83. The molecule has 2 rings (SSSR count). The van der Waals surface area contributed by atoms with Crippen molar-refractivity contribution in [3.63, 3.8) is 0 Å². The topological polar surface area (TPSA) is 23.8 Å². The van der Waals surface area contributed by atoms with E-state index in [-0.39, 0.29) is 5.41 Å². The maximum absolute atomic E-state index is 9.95. The molecule has 2 aliphatic carbocycles. The zero-order valence-corrected chi connectivity index (χ0v) is 15.8. The average molecular weight is 318 g/mol. The maximum atomic E-state index is 9.95. The van der Waals surface area contributed by atoms with Crippen LogP contribution in [-0.2, 0) is 0 Å². The lowest BCUT2D eigenvalue weighted by Gasteiger charge is -2.43. The Morgan fingerprint density at radius 3 is 2.00 bits per heavy atom. The van der Waals surface area contributed by atoms with Gasteiger partial charge < -0.3 is 0 Å². The first-order chi connectivity index (χ1) is 11.2. The Hall–Kier alpha value is -0.510. The van der Waals surface area contributed by atoms with Gasteiger partial charge in [-0.2, -0.15) is 5.26 Å². The van der Waals surface area contributed by atoms with Crippen molar-refractivity contribution in [2.45, 2.75) is 110 Å². The molecule has 2 fully saturated rings. The van der Waals surface area contributed by atoms with E-state index in [2.05, 4.69) is 19.9 Å². The van der Waals surface area contributed by atoms with Gasteiger partial charge in [0, 0.05) is 0 Å². The number of rotatable bonds is 8. The molecule has 0 aliphatic heterocycles. The summed E-state index contributed by atoms with van der Waals surface area (Å²) in [6.07, 6.45) is 20.2. The molecule has 0 saturated heterocycles. The van der Waals surface area contributed by atoms with E-state index in [1.54, 1.807) is 0 Å². The zero-order chi connectivity index (χ0) is 16.5. The minimum absolute atomic E-state index is 0.0527. The number of nitrogens with zero attached hydrogens (tertiary/aromatic N) is 1. The van der Waals surface area contributed by atoms with Crippen LogP contribution in [0.2, 0.25) is 0 Å². The van der Waals surface area contributed by atoms with Crippen molar-refractivity contribution < 1.29 is 0 Å². The first kappa shape index (κ1) is 18.8. The van der Waals surface area contributed by atoms with Crippen LogP contribution < -0.4 is 0 Å². The van der Waals surface area contributed by atoms with Crippen molar-refractivity contribution in [1.29, 1.82) is 5.26 Å². The molecule has 0 N–H and O–H groups in total. The monoisotopic (exact) mass is 317 g/mol. The van der Waals surface area contributed by atoms with Crippen molar-refractivity contribution in [2.75, 3.05) is 0 Å². The largest absolute Gasteiger partial charge is 0.198 e. The first-order valence-electron chi connectivity index (χ1n) is 10.6. The van der Waals surface area contributed by atoms with E-state index in [4.69, 9.17) is 0 Å². The van der Waals surface area contributed by atoms with Gasteiger partial charge in [-0.25, -0.2) is 0 Å². The Balaban J connectivity index is 1.77. The van der Waals surface area contributed by atoms with E-state index in [1.165, 1.54) is 96.3 Å². The quantitative estimate of drug-likeness (QED) is 0.432. The summed E-state index contributed by atoms with van der Waals surface area (Å²) in [7, 11) is 0. The minimum atomic E-state index is 0.0527. The SMILES string of the molecule is CCCCCCC1CCC(C#N)(C2CCC(CCC)CC2)CC1. The van der Waals surface area contributed by atoms with Crippen LogP contribution in [0.15, 0.2) is 0 Å². The van der Waals surface area contributed by atoms with Crippen molar-refractivity contribution in [1.82, 2.24) is 0 Å². The summed E-state index contributed by atoms with van der Waals surface area (Å²) >= 11 is 0. The maximum Gasteiger partial charge on any atom is 0.0692 e. The minimum Gasteiger partial charge on any atom is -0.198 e. The van der Waals surface area contributed by atoms with Crippen LogP contribution in [-0.4, -0.2) is 0 Å². The Bertz CT molecular complexity index is 351. The van der Waals surface area contributed by atoms with Gasteiger partial charge in [-0.3, -0.25) is 0 Å². The molecule has 2 aliphatic rings. The molecule has 0 bridgehead atoms. The Kier molecular flexibility index (Phi) is 7.94. The van der Waals surface area contributed by atoms with Crippen LogP contribution in [0.3, 0.4) is 0 Å². The standard InChI is InChI=1S/C22H39N/c1-3-5-6-7-9-20-14-16-22(18-23,17-15-20)21-12-10-19(8-4-2)11-13-21/h19-21H,3-17H2,1-2H3. The summed E-state index contributed by atoms with van der Waals surface area (Å²) in [6.45, 7) is 4.60. The summed E-state index contributed by atoms with van der Waals surface area (Å²) < 4.78 is 0. The van der Waals surface area contributed by atoms with Crippen LogP contribution in [0.4, 0.5) is 0 Å². The summed E-state index contributed by atoms with van der Waals surface area (Å²) in [4.78, 5) is 0. The fourth-order valence-corrected chi connectivity index (χ4v) is 5.36. The van der Waals surface area contributed by atoms with Crippen molar-refractivity contribution in [3.8, 4) is 6.07 Å². The molecule has 0 unspecified atom stereocenters. The molecule has 1 nitrogen and oxygen atoms in total. The normalized spacial score (nSPS) is 34.9. The summed E-state index contributed by atoms with van der Waals surface area (Å²) in [5.74, 6) is 2.59. The van der Waals surface area contributed by atoms with Crippen LogP contribution in [0, 0.1) is 34.5 Å². The van der Waals surface area contributed by atoms with Gasteiger partial charge in [0.25, 0.3) is 0 Å². The molecule has 0 atom stereocenters. The molecule has 0 aromatic carbocycles. The van der Waals surface area contributed by atoms with Gasteiger partial charge >= 0.3 is 0 Å². The number of hydrogen-bond acceptors (Lipinski definition) is 1. The van der Waals surface area contributed by atoms with Crippen molar-refractivity contribution in [3.05, 3.63) is 0 Å². The summed E-state index contributed by atoms with van der Waals surface area (Å²) in [5.41, 5.74) is 0.0527. The highest BCUT2D eigenvalue weighted by Crippen LogP contribution is 2.50. The van der Waals surface area contributed by atoms with Crippen LogP contribution in [0.25, 0.3) is 0 Å². The smallest absolute Gasteiger partial charge is 0.0692 e. The lowest BCUT2D eigenvalue weighted by molar-refractivity contribution is 0.0845. The Morgan fingerprint density at radius 1 is 0.783 bits per heavy atom. The van der Waals surface area contributed by atoms with Crippen LogP contribution in [0.5, 0.6) is 0 Å². The van der Waals surface area contributed by atoms with Gasteiger partial charge in [-0.05, 0) is 56.3 Å². The zero-order valence-electron chi connectivity index (χ0n) is 15.8. The number of nitriles is 1. The number of unbranched alkanes of at least 4 members (excludes halogenated alkanes) is 3. The molecule has 0 amide bonds. The molecule has 0 heterocycles. The van der Waals surface area contributed by atoms with Gasteiger partial charge in [-0.1, -0.05) is 71.6 Å². The second-order valence-corrected chi connectivity index (χ2v) is 8.57. The second kappa shape index (κ2) is 9.71. The lowest BCUT2D eigenvalue weighted by Crippen LogP contribution is -2.36. The third-order valence-corrected chi connectivity index (χ3v) is 7.01. The fraction of sp³-hybridized carbons (Fsp3) is 0.955. The number of hydrogen-bond donors (Lipinski definition) is 0. The van der Waals surface area contributed by atoms with Crippen LogP contribution >= 0.6 is 0 Å². The average Bonchev–Trinajstić information content (AvgIpc) is 2.60. The van der Waals surface area contributed by atoms with E-state index in [0.717, 1.165) is 11.8 Å². The van der Waals surface area contributed by atoms with Gasteiger partial charge in [0.2, 0.25) is 0 Å². The van der Waals surface area contributed by atoms with E-state index in [1.807, 2.05) is 0 Å². The lowest BCUT2D eigenvalue weighted by atomic mass is 9.59. The van der Waals surface area contributed by atoms with E-state index >= 15 is 0 Å². The molecule has 1 heteroatoms. The van der Waals surface area contributed by atoms with E-state index in [9.17, 15) is 5.26 Å². The highest BCUT2D eigenvalue weighted by Gasteiger charge is 2.43. The molecule has 132 valence electrons. The van der Waals surface area contributed by atoms with Crippen LogP contribution in [0.1, 0.15) is 110 Å². The second-order valence-electron chi connectivity index (χ2n) is 8.57. The molecule has 23 heavy (non-hydrogen) atoms.